The molecular formula is C18H22O3. The van der Waals surface area contributed by atoms with Crippen LogP contribution in [0.4, 0.5) is 0 Å². The zero-order valence-corrected chi connectivity index (χ0v) is 12.7. The van der Waals surface area contributed by atoms with Crippen molar-refractivity contribution in [2.45, 2.75) is 52.1 Å². The molecule has 0 heterocycles. The van der Waals surface area contributed by atoms with Crippen molar-refractivity contribution in [3.63, 3.8) is 0 Å². The fourth-order valence-electron chi connectivity index (χ4n) is 3.98. The van der Waals surface area contributed by atoms with Crippen LogP contribution in [0.25, 0.3) is 0 Å². The summed E-state index contributed by atoms with van der Waals surface area (Å²) in [5.41, 5.74) is 0.511. The number of Topliss-reactive ketones (excluding diaryl/α,β-unsaturated/α-hetero) is 1. The van der Waals surface area contributed by atoms with Crippen LogP contribution in [0.3, 0.4) is 0 Å². The first-order valence-electron chi connectivity index (χ1n) is 7.72. The van der Waals surface area contributed by atoms with Crippen LogP contribution in [0, 0.1) is 10.8 Å². The van der Waals surface area contributed by atoms with Gasteiger partial charge in [0.05, 0.1) is 5.56 Å². The molecule has 0 saturated heterocycles. The van der Waals surface area contributed by atoms with Crippen LogP contribution in [-0.4, -0.2) is 17.9 Å². The van der Waals surface area contributed by atoms with E-state index in [1.807, 2.05) is 6.07 Å². The van der Waals surface area contributed by atoms with E-state index >= 15 is 0 Å². The van der Waals surface area contributed by atoms with Crippen molar-refractivity contribution < 1.29 is 14.3 Å². The normalized spacial score (nSPS) is 30.8. The topological polar surface area (TPSA) is 43.4 Å². The van der Waals surface area contributed by atoms with Crippen molar-refractivity contribution in [1.82, 2.24) is 0 Å². The number of ketones is 1. The average Bonchev–Trinajstić information content (AvgIpc) is 2.94. The summed E-state index contributed by atoms with van der Waals surface area (Å²) in [5, 5.41) is 0. The molecule has 0 bridgehead atoms. The molecule has 3 heteroatoms. The third-order valence-electron chi connectivity index (χ3n) is 5.06. The van der Waals surface area contributed by atoms with Gasteiger partial charge in [-0.15, -0.1) is 0 Å². The summed E-state index contributed by atoms with van der Waals surface area (Å²) in [6.07, 6.45) is 3.94. The molecule has 2 fully saturated rings. The number of carbonyl (C=O) groups excluding carboxylic acids is 2. The van der Waals surface area contributed by atoms with E-state index in [2.05, 4.69) is 13.8 Å². The first kappa shape index (κ1) is 14.3. The van der Waals surface area contributed by atoms with Crippen LogP contribution in [0.15, 0.2) is 30.3 Å². The highest BCUT2D eigenvalue weighted by molar-refractivity contribution is 5.96. The lowest BCUT2D eigenvalue weighted by Gasteiger charge is -2.24. The van der Waals surface area contributed by atoms with Crippen molar-refractivity contribution in [2.24, 2.45) is 10.8 Å². The van der Waals surface area contributed by atoms with Crippen molar-refractivity contribution in [2.75, 3.05) is 0 Å². The molecule has 0 amide bonds. The van der Waals surface area contributed by atoms with Crippen LogP contribution in [-0.2, 0) is 9.53 Å². The van der Waals surface area contributed by atoms with Gasteiger partial charge in [-0.3, -0.25) is 4.79 Å². The van der Waals surface area contributed by atoms with Gasteiger partial charge >= 0.3 is 5.97 Å². The fourth-order valence-corrected chi connectivity index (χ4v) is 3.98. The van der Waals surface area contributed by atoms with Gasteiger partial charge in [0, 0.05) is 5.41 Å². The minimum Gasteiger partial charge on any atom is -0.451 e. The molecule has 0 unspecified atom stereocenters. The number of ether oxygens (including phenoxy) is 1. The quantitative estimate of drug-likeness (QED) is 0.777. The third kappa shape index (κ3) is 2.61. The zero-order valence-electron chi connectivity index (χ0n) is 12.7. The Balaban J connectivity index is 1.69. The second-order valence-electron chi connectivity index (χ2n) is 7.28. The second-order valence-corrected chi connectivity index (χ2v) is 7.28. The number of hydrogen-bond acceptors (Lipinski definition) is 3. The Morgan fingerprint density at radius 3 is 2.48 bits per heavy atom. The van der Waals surface area contributed by atoms with Crippen molar-refractivity contribution in [1.29, 1.82) is 0 Å². The monoisotopic (exact) mass is 286 g/mol. The van der Waals surface area contributed by atoms with Gasteiger partial charge in [-0.2, -0.15) is 0 Å². The Kier molecular flexibility index (Phi) is 3.39. The van der Waals surface area contributed by atoms with Gasteiger partial charge in [0.15, 0.2) is 11.9 Å². The summed E-state index contributed by atoms with van der Waals surface area (Å²) in [6, 6.07) is 8.89. The van der Waals surface area contributed by atoms with Crippen molar-refractivity contribution in [3.8, 4) is 0 Å². The van der Waals surface area contributed by atoms with Gasteiger partial charge in [0.25, 0.3) is 0 Å². The minimum absolute atomic E-state index is 0.150. The molecule has 2 aliphatic rings. The molecule has 0 aromatic heterocycles. The SMILES string of the molecule is CC1(C)CC[C@@]2(CC[C@@H](OC(=O)c3ccccc3)C2=O)C1. The molecule has 0 radical (unpaired) electrons. The standard InChI is InChI=1S/C18H22O3/c1-17(2)10-11-18(12-17)9-8-14(15(18)19)21-16(20)13-6-4-3-5-7-13/h3-7,14H,8-12H2,1-2H3/t14-,18+/m1/s1. The number of hydrogen-bond donors (Lipinski definition) is 0. The molecule has 1 spiro atoms. The summed E-state index contributed by atoms with van der Waals surface area (Å²) in [4.78, 5) is 24.8. The molecule has 2 saturated carbocycles. The summed E-state index contributed by atoms with van der Waals surface area (Å²) >= 11 is 0. The van der Waals surface area contributed by atoms with E-state index in [0.29, 0.717) is 12.0 Å². The van der Waals surface area contributed by atoms with Crippen molar-refractivity contribution >= 4 is 11.8 Å². The fraction of sp³-hybridized carbons (Fsp3) is 0.556. The maximum atomic E-state index is 12.7. The second kappa shape index (κ2) is 4.97. The summed E-state index contributed by atoms with van der Waals surface area (Å²) in [5.74, 6) is -0.236. The third-order valence-corrected chi connectivity index (χ3v) is 5.06. The lowest BCUT2D eigenvalue weighted by molar-refractivity contribution is -0.133. The van der Waals surface area contributed by atoms with E-state index < -0.39 is 6.10 Å². The molecule has 21 heavy (non-hydrogen) atoms. The summed E-state index contributed by atoms with van der Waals surface area (Å²) in [7, 11) is 0. The van der Waals surface area contributed by atoms with E-state index in [-0.39, 0.29) is 22.6 Å². The highest BCUT2D eigenvalue weighted by atomic mass is 16.5. The van der Waals surface area contributed by atoms with Crippen LogP contribution in [0.1, 0.15) is 56.3 Å². The molecule has 0 N–H and O–H groups in total. The van der Waals surface area contributed by atoms with E-state index in [9.17, 15) is 9.59 Å². The van der Waals surface area contributed by atoms with E-state index in [0.717, 1.165) is 25.7 Å². The average molecular weight is 286 g/mol. The van der Waals surface area contributed by atoms with Gasteiger partial charge in [0.1, 0.15) is 0 Å². The molecule has 112 valence electrons. The first-order chi connectivity index (χ1) is 9.92. The molecular weight excluding hydrogens is 264 g/mol. The highest BCUT2D eigenvalue weighted by Crippen LogP contribution is 2.55. The zero-order chi connectivity index (χ0) is 15.1. The van der Waals surface area contributed by atoms with Gasteiger partial charge in [-0.05, 0) is 49.7 Å². The van der Waals surface area contributed by atoms with E-state index in [1.54, 1.807) is 24.3 Å². The predicted molar refractivity (Wildman–Crippen MR) is 80.0 cm³/mol. The Labute approximate surface area is 125 Å². The predicted octanol–water partition coefficient (Wildman–Crippen LogP) is 3.77. The first-order valence-corrected chi connectivity index (χ1v) is 7.72. The molecule has 3 nitrogen and oxygen atoms in total. The largest absolute Gasteiger partial charge is 0.451 e. The number of esters is 1. The molecule has 3 rings (SSSR count). The lowest BCUT2D eigenvalue weighted by atomic mass is 9.79. The maximum Gasteiger partial charge on any atom is 0.338 e. The lowest BCUT2D eigenvalue weighted by Crippen LogP contribution is -2.32. The summed E-state index contributed by atoms with van der Waals surface area (Å²) in [6.45, 7) is 4.44. The maximum absolute atomic E-state index is 12.7. The van der Waals surface area contributed by atoms with Crippen LogP contribution in [0.2, 0.25) is 0 Å². The van der Waals surface area contributed by atoms with Crippen LogP contribution < -0.4 is 0 Å². The summed E-state index contributed by atoms with van der Waals surface area (Å²) < 4.78 is 5.48. The van der Waals surface area contributed by atoms with E-state index in [4.69, 9.17) is 4.74 Å². The smallest absolute Gasteiger partial charge is 0.338 e. The Morgan fingerprint density at radius 1 is 1.14 bits per heavy atom. The number of benzene rings is 1. The Hall–Kier alpha value is -1.64. The van der Waals surface area contributed by atoms with Crippen LogP contribution in [0.5, 0.6) is 0 Å². The molecule has 1 aromatic rings. The van der Waals surface area contributed by atoms with Gasteiger partial charge in [0.2, 0.25) is 0 Å². The van der Waals surface area contributed by atoms with Crippen LogP contribution >= 0.6 is 0 Å². The minimum atomic E-state index is -0.549. The number of rotatable bonds is 2. The molecule has 1 aromatic carbocycles. The molecule has 0 aliphatic heterocycles. The molecule has 2 aliphatic carbocycles. The van der Waals surface area contributed by atoms with Gasteiger partial charge in [-0.25, -0.2) is 4.79 Å². The Morgan fingerprint density at radius 2 is 1.86 bits per heavy atom. The Bertz CT molecular complexity index is 561. The highest BCUT2D eigenvalue weighted by Gasteiger charge is 2.54. The molecule has 2 atom stereocenters. The number of carbonyl (C=O) groups is 2. The van der Waals surface area contributed by atoms with E-state index in [1.165, 1.54) is 0 Å². The van der Waals surface area contributed by atoms with Crippen molar-refractivity contribution in [3.05, 3.63) is 35.9 Å². The van der Waals surface area contributed by atoms with Gasteiger partial charge in [-0.1, -0.05) is 32.0 Å². The van der Waals surface area contributed by atoms with Gasteiger partial charge < -0.3 is 4.74 Å².